The van der Waals surface area contributed by atoms with Crippen LogP contribution in [-0.2, 0) is 11.3 Å². The van der Waals surface area contributed by atoms with Crippen LogP contribution < -0.4 is 10.6 Å². The summed E-state index contributed by atoms with van der Waals surface area (Å²) in [4.78, 5) is 31.3. The number of nitrogens with one attached hydrogen (secondary N) is 2. The molecule has 164 valence electrons. The lowest BCUT2D eigenvalue weighted by molar-refractivity contribution is 0.0948. The third kappa shape index (κ3) is 7.11. The number of rotatable bonds is 11. The van der Waals surface area contributed by atoms with Crippen molar-refractivity contribution in [3.05, 3.63) is 45.4 Å². The predicted octanol–water partition coefficient (Wildman–Crippen LogP) is 4.36. The summed E-state index contributed by atoms with van der Waals surface area (Å²) in [7, 11) is 1.60. The van der Waals surface area contributed by atoms with E-state index >= 15 is 0 Å². The molecule has 0 aliphatic heterocycles. The van der Waals surface area contributed by atoms with Crippen molar-refractivity contribution in [3.8, 4) is 0 Å². The van der Waals surface area contributed by atoms with Gasteiger partial charge in [-0.3, -0.25) is 4.79 Å². The number of ether oxygens (including phenoxy) is 1. The van der Waals surface area contributed by atoms with Crippen LogP contribution in [-0.4, -0.2) is 48.6 Å². The molecule has 30 heavy (non-hydrogen) atoms. The molecule has 0 radical (unpaired) electrons. The van der Waals surface area contributed by atoms with Gasteiger partial charge >= 0.3 is 6.03 Å². The number of nitrogens with zero attached hydrogens (tertiary/aromatic N) is 2. The fourth-order valence-electron chi connectivity index (χ4n) is 2.97. The number of anilines is 1. The molecule has 0 saturated heterocycles. The van der Waals surface area contributed by atoms with E-state index in [0.29, 0.717) is 36.9 Å². The first-order chi connectivity index (χ1) is 14.5. The number of carbonyl (C=O) groups is 2. The minimum absolute atomic E-state index is 0.169. The Morgan fingerprint density at radius 3 is 2.60 bits per heavy atom. The Hall–Kier alpha value is -2.45. The first-order valence-electron chi connectivity index (χ1n) is 10.3. The number of aryl methyl sites for hydroxylation is 2. The Labute approximate surface area is 182 Å². The Bertz CT molecular complexity index is 817. The molecule has 2 N–H and O–H groups in total. The number of methoxy groups -OCH3 is 1. The lowest BCUT2D eigenvalue weighted by Gasteiger charge is -2.23. The number of carbonyl (C=O) groups excluding carboxylic acids is 2. The maximum Gasteiger partial charge on any atom is 0.322 e. The molecule has 8 heteroatoms. The lowest BCUT2D eigenvalue weighted by Crippen LogP contribution is -2.37. The van der Waals surface area contributed by atoms with Gasteiger partial charge in [0.25, 0.3) is 5.91 Å². The van der Waals surface area contributed by atoms with Gasteiger partial charge in [0.05, 0.1) is 13.2 Å². The van der Waals surface area contributed by atoms with Crippen molar-refractivity contribution in [1.29, 1.82) is 0 Å². The second-order valence-corrected chi connectivity index (χ2v) is 8.14. The normalized spacial score (nSPS) is 10.7. The van der Waals surface area contributed by atoms with E-state index in [-0.39, 0.29) is 11.9 Å². The van der Waals surface area contributed by atoms with Crippen molar-refractivity contribution in [2.24, 2.45) is 0 Å². The number of hydrogen-bond donors (Lipinski definition) is 2. The zero-order valence-electron chi connectivity index (χ0n) is 18.3. The summed E-state index contributed by atoms with van der Waals surface area (Å²) in [6.45, 7) is 7.86. The van der Waals surface area contributed by atoms with Crippen LogP contribution in [0.4, 0.5) is 10.5 Å². The molecule has 2 rings (SSSR count). The fourth-order valence-corrected chi connectivity index (χ4v) is 3.76. The van der Waals surface area contributed by atoms with Gasteiger partial charge in [-0.15, -0.1) is 11.3 Å². The maximum absolute atomic E-state index is 12.9. The van der Waals surface area contributed by atoms with Crippen LogP contribution in [0, 0.1) is 13.8 Å². The second kappa shape index (κ2) is 12.3. The minimum Gasteiger partial charge on any atom is -0.383 e. The van der Waals surface area contributed by atoms with Crippen molar-refractivity contribution < 1.29 is 14.3 Å². The summed E-state index contributed by atoms with van der Waals surface area (Å²) >= 11 is 1.38. The van der Waals surface area contributed by atoms with Crippen LogP contribution >= 0.6 is 11.3 Å². The van der Waals surface area contributed by atoms with Gasteiger partial charge in [-0.1, -0.05) is 38.0 Å². The van der Waals surface area contributed by atoms with Gasteiger partial charge in [-0.2, -0.15) is 0 Å². The molecule has 0 atom stereocenters. The summed E-state index contributed by atoms with van der Waals surface area (Å²) in [6, 6.07) is 5.68. The van der Waals surface area contributed by atoms with Crippen LogP contribution in [0.15, 0.2) is 23.6 Å². The average Bonchev–Trinajstić information content (AvgIpc) is 3.19. The molecule has 3 amide bonds. The number of para-hydroxylation sites is 1. The van der Waals surface area contributed by atoms with Crippen molar-refractivity contribution in [2.45, 2.75) is 46.6 Å². The van der Waals surface area contributed by atoms with Crippen LogP contribution in [0.25, 0.3) is 0 Å². The molecule has 0 aliphatic carbocycles. The third-order valence-electron chi connectivity index (χ3n) is 4.74. The second-order valence-electron chi connectivity index (χ2n) is 7.20. The van der Waals surface area contributed by atoms with Gasteiger partial charge < -0.3 is 20.3 Å². The fraction of sp³-hybridized carbons (Fsp3) is 0.500. The van der Waals surface area contributed by atoms with E-state index in [1.54, 1.807) is 17.4 Å². The van der Waals surface area contributed by atoms with Gasteiger partial charge in [0.15, 0.2) is 0 Å². The van der Waals surface area contributed by atoms with Crippen molar-refractivity contribution >= 4 is 29.0 Å². The number of urea groups is 1. The van der Waals surface area contributed by atoms with Crippen LogP contribution in [0.3, 0.4) is 0 Å². The first-order valence-corrected chi connectivity index (χ1v) is 11.2. The molecule has 0 spiro atoms. The van der Waals surface area contributed by atoms with Crippen molar-refractivity contribution in [3.63, 3.8) is 0 Å². The molecule has 0 saturated carbocycles. The zero-order valence-corrected chi connectivity index (χ0v) is 19.1. The molecule has 7 nitrogen and oxygen atoms in total. The number of amides is 3. The van der Waals surface area contributed by atoms with E-state index in [1.807, 2.05) is 32.0 Å². The van der Waals surface area contributed by atoms with Crippen LogP contribution in [0.1, 0.15) is 52.8 Å². The topological polar surface area (TPSA) is 83.6 Å². The molecule has 1 aromatic carbocycles. The van der Waals surface area contributed by atoms with E-state index in [9.17, 15) is 9.59 Å². The standard InChI is InChI=1S/C22H32N4O3S/c1-5-6-7-11-23-21(27)18-15-30-19(24-18)14-26(12-13-29-4)22(28)25-20-16(2)9-8-10-17(20)3/h8-10,15H,5-7,11-14H2,1-4H3,(H,23,27)(H,25,28). The highest BCUT2D eigenvalue weighted by Gasteiger charge is 2.18. The molecular formula is C22H32N4O3S. The summed E-state index contributed by atoms with van der Waals surface area (Å²) in [5.74, 6) is -0.169. The highest BCUT2D eigenvalue weighted by Crippen LogP contribution is 2.21. The SMILES string of the molecule is CCCCCNC(=O)c1csc(CN(CCOC)C(=O)Nc2c(C)cccc2C)n1. The van der Waals surface area contributed by atoms with E-state index in [2.05, 4.69) is 22.5 Å². The number of thiazole rings is 1. The van der Waals surface area contributed by atoms with Gasteiger partial charge in [-0.05, 0) is 31.4 Å². The quantitative estimate of drug-likeness (QED) is 0.517. The highest BCUT2D eigenvalue weighted by atomic mass is 32.1. The monoisotopic (exact) mass is 432 g/mol. The molecule has 0 unspecified atom stereocenters. The highest BCUT2D eigenvalue weighted by molar-refractivity contribution is 7.09. The van der Waals surface area contributed by atoms with E-state index in [4.69, 9.17) is 4.74 Å². The first kappa shape index (κ1) is 23.8. The Morgan fingerprint density at radius 2 is 1.93 bits per heavy atom. The molecule has 0 fully saturated rings. The molecule has 0 bridgehead atoms. The van der Waals surface area contributed by atoms with Crippen LogP contribution in [0.5, 0.6) is 0 Å². The molecular weight excluding hydrogens is 400 g/mol. The van der Waals surface area contributed by atoms with E-state index in [1.165, 1.54) is 11.3 Å². The Morgan fingerprint density at radius 1 is 1.20 bits per heavy atom. The van der Waals surface area contributed by atoms with E-state index < -0.39 is 0 Å². The van der Waals surface area contributed by atoms with E-state index in [0.717, 1.165) is 36.1 Å². The summed E-state index contributed by atoms with van der Waals surface area (Å²) in [6.07, 6.45) is 3.16. The molecule has 2 aromatic rings. The molecule has 1 heterocycles. The smallest absolute Gasteiger partial charge is 0.322 e. The summed E-state index contributed by atoms with van der Waals surface area (Å²) < 4.78 is 5.16. The largest absolute Gasteiger partial charge is 0.383 e. The van der Waals surface area contributed by atoms with Gasteiger partial charge in [-0.25, -0.2) is 9.78 Å². The van der Waals surface area contributed by atoms with Gasteiger partial charge in [0, 0.05) is 31.3 Å². The maximum atomic E-state index is 12.9. The van der Waals surface area contributed by atoms with Crippen molar-refractivity contribution in [1.82, 2.24) is 15.2 Å². The molecule has 0 aliphatic rings. The van der Waals surface area contributed by atoms with Gasteiger partial charge in [0.2, 0.25) is 0 Å². The Balaban J connectivity index is 2.03. The summed E-state index contributed by atoms with van der Waals surface area (Å²) in [5, 5.41) is 8.35. The zero-order chi connectivity index (χ0) is 21.9. The average molecular weight is 433 g/mol. The molecule has 1 aromatic heterocycles. The predicted molar refractivity (Wildman–Crippen MR) is 121 cm³/mol. The van der Waals surface area contributed by atoms with Crippen LogP contribution in [0.2, 0.25) is 0 Å². The number of aromatic nitrogens is 1. The Kier molecular flexibility index (Phi) is 9.76. The minimum atomic E-state index is -0.217. The van der Waals surface area contributed by atoms with Crippen molar-refractivity contribution in [2.75, 3.05) is 32.1 Å². The lowest BCUT2D eigenvalue weighted by atomic mass is 10.1. The third-order valence-corrected chi connectivity index (χ3v) is 5.58. The number of unbranched alkanes of at least 4 members (excludes halogenated alkanes) is 2. The number of hydrogen-bond acceptors (Lipinski definition) is 5. The number of benzene rings is 1. The summed E-state index contributed by atoms with van der Waals surface area (Å²) in [5.41, 5.74) is 3.22. The van der Waals surface area contributed by atoms with Gasteiger partial charge in [0.1, 0.15) is 10.7 Å².